The van der Waals surface area contributed by atoms with E-state index in [0.29, 0.717) is 18.4 Å². The van der Waals surface area contributed by atoms with Gasteiger partial charge in [-0.25, -0.2) is 4.98 Å². The fourth-order valence-electron chi connectivity index (χ4n) is 2.50. The minimum Gasteiger partial charge on any atom is -0.355 e. The summed E-state index contributed by atoms with van der Waals surface area (Å²) in [6.07, 6.45) is 4.85. The lowest BCUT2D eigenvalue weighted by Crippen LogP contribution is -2.52. The van der Waals surface area contributed by atoms with Crippen LogP contribution < -0.4 is 10.6 Å². The zero-order valence-electron chi connectivity index (χ0n) is 10.5. The van der Waals surface area contributed by atoms with E-state index in [9.17, 15) is 4.79 Å². The van der Waals surface area contributed by atoms with E-state index in [-0.39, 0.29) is 11.9 Å². The molecule has 2 aliphatic rings. The van der Waals surface area contributed by atoms with Gasteiger partial charge in [-0.2, -0.15) is 4.37 Å². The summed E-state index contributed by atoms with van der Waals surface area (Å²) in [5.41, 5.74) is 0. The summed E-state index contributed by atoms with van der Waals surface area (Å²) in [5.74, 6) is 1.74. The van der Waals surface area contributed by atoms with Crippen LogP contribution in [-0.4, -0.2) is 27.3 Å². The number of hydrogen-bond donors (Lipinski definition) is 2. The number of carbonyl (C=O) groups is 1. The van der Waals surface area contributed by atoms with Crippen molar-refractivity contribution in [1.82, 2.24) is 14.7 Å². The Morgan fingerprint density at radius 2 is 2.28 bits per heavy atom. The lowest BCUT2D eigenvalue weighted by atomic mass is 9.94. The number of amides is 1. The zero-order chi connectivity index (χ0) is 12.5. The minimum atomic E-state index is 0.191. The molecule has 0 aromatic carbocycles. The predicted molar refractivity (Wildman–Crippen MR) is 70.6 cm³/mol. The normalized spacial score (nSPS) is 27.9. The first-order chi connectivity index (χ1) is 8.76. The van der Waals surface area contributed by atoms with Gasteiger partial charge in [0.25, 0.3) is 0 Å². The molecule has 1 amide bonds. The molecule has 98 valence electrons. The van der Waals surface area contributed by atoms with Crippen LogP contribution in [0.15, 0.2) is 0 Å². The van der Waals surface area contributed by atoms with E-state index >= 15 is 0 Å². The van der Waals surface area contributed by atoms with Crippen molar-refractivity contribution in [2.75, 3.05) is 5.32 Å². The molecule has 1 aromatic rings. The van der Waals surface area contributed by atoms with Crippen LogP contribution in [0.3, 0.4) is 0 Å². The van der Waals surface area contributed by atoms with E-state index in [1.807, 2.05) is 0 Å². The highest BCUT2D eigenvalue weighted by Gasteiger charge is 2.40. The van der Waals surface area contributed by atoms with E-state index in [4.69, 9.17) is 0 Å². The Labute approximate surface area is 111 Å². The van der Waals surface area contributed by atoms with Gasteiger partial charge in [0.2, 0.25) is 11.0 Å². The van der Waals surface area contributed by atoms with E-state index in [1.165, 1.54) is 24.4 Å². The Morgan fingerprint density at radius 1 is 1.44 bits per heavy atom. The van der Waals surface area contributed by atoms with Crippen molar-refractivity contribution in [3.63, 3.8) is 0 Å². The van der Waals surface area contributed by atoms with Gasteiger partial charge in [-0.3, -0.25) is 4.79 Å². The monoisotopic (exact) mass is 266 g/mol. The molecular formula is C12H18N4OS. The largest absolute Gasteiger partial charge is 0.355 e. The van der Waals surface area contributed by atoms with E-state index in [2.05, 4.69) is 26.9 Å². The number of aromatic nitrogens is 2. The maximum Gasteiger partial charge on any atom is 0.220 e. The standard InChI is InChI=1S/C12H18N4OS/c1-2-9-14-12(18-16-9)13-8-5-6-10(17)15-11(8)7-3-4-7/h7-8,11H,2-6H2,1H3,(H,15,17)(H,13,14,16)/t8-,11-/m0/s1. The molecule has 3 rings (SSSR count). The topological polar surface area (TPSA) is 66.9 Å². The summed E-state index contributed by atoms with van der Waals surface area (Å²) >= 11 is 1.42. The smallest absolute Gasteiger partial charge is 0.220 e. The van der Waals surface area contributed by atoms with Crippen LogP contribution in [-0.2, 0) is 11.2 Å². The Kier molecular flexibility index (Phi) is 3.20. The molecule has 1 aromatic heterocycles. The Morgan fingerprint density at radius 3 is 2.94 bits per heavy atom. The fraction of sp³-hybridized carbons (Fsp3) is 0.750. The second kappa shape index (κ2) is 4.84. The van der Waals surface area contributed by atoms with Gasteiger partial charge in [-0.05, 0) is 25.2 Å². The summed E-state index contributed by atoms with van der Waals surface area (Å²) in [6.45, 7) is 2.06. The molecule has 1 aliphatic heterocycles. The molecule has 6 heteroatoms. The molecule has 2 N–H and O–H groups in total. The number of piperidine rings is 1. The maximum atomic E-state index is 11.5. The van der Waals surface area contributed by atoms with Crippen LogP contribution in [0, 0.1) is 5.92 Å². The molecular weight excluding hydrogens is 248 g/mol. The number of nitrogens with zero attached hydrogens (tertiary/aromatic N) is 2. The highest BCUT2D eigenvalue weighted by Crippen LogP contribution is 2.37. The van der Waals surface area contributed by atoms with Crippen LogP contribution >= 0.6 is 11.5 Å². The SMILES string of the molecule is CCc1nsc(N[C@H]2CCC(=O)N[C@H]2C2CC2)n1. The third-order valence-electron chi connectivity index (χ3n) is 3.67. The van der Waals surface area contributed by atoms with Gasteiger partial charge in [0.1, 0.15) is 5.82 Å². The summed E-state index contributed by atoms with van der Waals surface area (Å²) in [6, 6.07) is 0.591. The minimum absolute atomic E-state index is 0.191. The van der Waals surface area contributed by atoms with Crippen molar-refractivity contribution in [3.8, 4) is 0 Å². The third-order valence-corrected chi connectivity index (χ3v) is 4.35. The van der Waals surface area contributed by atoms with Crippen molar-refractivity contribution in [1.29, 1.82) is 0 Å². The molecule has 0 bridgehead atoms. The molecule has 5 nitrogen and oxygen atoms in total. The first kappa shape index (κ1) is 11.9. The second-order valence-electron chi connectivity index (χ2n) is 5.09. The predicted octanol–water partition coefficient (Wildman–Crippen LogP) is 1.57. The summed E-state index contributed by atoms with van der Waals surface area (Å²) < 4.78 is 4.28. The van der Waals surface area contributed by atoms with Crippen LogP contribution in [0.25, 0.3) is 0 Å². The van der Waals surface area contributed by atoms with E-state index in [1.54, 1.807) is 0 Å². The van der Waals surface area contributed by atoms with Gasteiger partial charge in [0.15, 0.2) is 0 Å². The third kappa shape index (κ3) is 2.48. The first-order valence-corrected chi connectivity index (χ1v) is 7.42. The Bertz CT molecular complexity index is 443. The molecule has 1 aliphatic carbocycles. The first-order valence-electron chi connectivity index (χ1n) is 6.64. The highest BCUT2D eigenvalue weighted by atomic mass is 32.1. The lowest BCUT2D eigenvalue weighted by molar-refractivity contribution is -0.123. The zero-order valence-corrected chi connectivity index (χ0v) is 11.3. The van der Waals surface area contributed by atoms with Gasteiger partial charge in [0.05, 0.1) is 6.04 Å². The average Bonchev–Trinajstić information content (AvgIpc) is 3.12. The Balaban J connectivity index is 1.67. The quantitative estimate of drug-likeness (QED) is 0.868. The maximum absolute atomic E-state index is 11.5. The molecule has 2 atom stereocenters. The van der Waals surface area contributed by atoms with Crippen molar-refractivity contribution in [3.05, 3.63) is 5.82 Å². The van der Waals surface area contributed by atoms with Crippen LogP contribution in [0.5, 0.6) is 0 Å². The summed E-state index contributed by atoms with van der Waals surface area (Å²) in [5, 5.41) is 7.47. The van der Waals surface area contributed by atoms with Crippen LogP contribution in [0.2, 0.25) is 0 Å². The van der Waals surface area contributed by atoms with Gasteiger partial charge in [-0.15, -0.1) is 0 Å². The van der Waals surface area contributed by atoms with Gasteiger partial charge in [-0.1, -0.05) is 6.92 Å². The summed E-state index contributed by atoms with van der Waals surface area (Å²) in [4.78, 5) is 15.9. The summed E-state index contributed by atoms with van der Waals surface area (Å²) in [7, 11) is 0. The highest BCUT2D eigenvalue weighted by molar-refractivity contribution is 7.09. The molecule has 1 saturated heterocycles. The van der Waals surface area contributed by atoms with Crippen molar-refractivity contribution in [2.45, 2.75) is 51.1 Å². The second-order valence-corrected chi connectivity index (χ2v) is 5.84. The Hall–Kier alpha value is -1.17. The number of hydrogen-bond acceptors (Lipinski definition) is 5. The molecule has 2 fully saturated rings. The molecule has 1 saturated carbocycles. The lowest BCUT2D eigenvalue weighted by Gasteiger charge is -2.32. The number of aryl methyl sites for hydroxylation is 1. The number of anilines is 1. The van der Waals surface area contributed by atoms with Crippen LogP contribution in [0.1, 0.15) is 38.4 Å². The molecule has 18 heavy (non-hydrogen) atoms. The van der Waals surface area contributed by atoms with Gasteiger partial charge in [0, 0.05) is 30.4 Å². The number of rotatable bonds is 4. The van der Waals surface area contributed by atoms with Gasteiger partial charge < -0.3 is 10.6 Å². The van der Waals surface area contributed by atoms with Crippen molar-refractivity contribution < 1.29 is 4.79 Å². The van der Waals surface area contributed by atoms with Gasteiger partial charge >= 0.3 is 0 Å². The van der Waals surface area contributed by atoms with Crippen molar-refractivity contribution in [2.24, 2.45) is 5.92 Å². The average molecular weight is 266 g/mol. The van der Waals surface area contributed by atoms with Crippen molar-refractivity contribution >= 4 is 22.6 Å². The number of carbonyl (C=O) groups excluding carboxylic acids is 1. The molecule has 0 radical (unpaired) electrons. The number of nitrogens with one attached hydrogen (secondary N) is 2. The van der Waals surface area contributed by atoms with E-state index in [0.717, 1.165) is 23.8 Å². The van der Waals surface area contributed by atoms with Crippen LogP contribution in [0.4, 0.5) is 5.13 Å². The fourth-order valence-corrected chi connectivity index (χ4v) is 3.22. The molecule has 0 unspecified atom stereocenters. The molecule has 0 spiro atoms. The molecule has 2 heterocycles. The van der Waals surface area contributed by atoms with E-state index < -0.39 is 0 Å².